The first-order chi connectivity index (χ1) is 9.08. The molecule has 1 amide bonds. The number of piperazine rings is 1. The van der Waals surface area contributed by atoms with E-state index < -0.39 is 0 Å². The highest BCUT2D eigenvalue weighted by Crippen LogP contribution is 2.11. The van der Waals surface area contributed by atoms with Gasteiger partial charge in [-0.2, -0.15) is 0 Å². The second-order valence-electron chi connectivity index (χ2n) is 5.25. The summed E-state index contributed by atoms with van der Waals surface area (Å²) in [5.74, 6) is 0.152. The normalized spacial score (nSPS) is 20.3. The van der Waals surface area contributed by atoms with Crippen molar-refractivity contribution in [2.75, 3.05) is 33.7 Å². The first-order valence-corrected chi connectivity index (χ1v) is 6.65. The molecule has 1 N–H and O–H groups in total. The van der Waals surface area contributed by atoms with Crippen LogP contribution in [-0.4, -0.2) is 60.5 Å². The summed E-state index contributed by atoms with van der Waals surface area (Å²) in [7, 11) is 3.61. The molecule has 1 aromatic rings. The van der Waals surface area contributed by atoms with Crippen molar-refractivity contribution in [3.05, 3.63) is 29.6 Å². The van der Waals surface area contributed by atoms with E-state index in [0.29, 0.717) is 6.54 Å². The van der Waals surface area contributed by atoms with Gasteiger partial charge in [-0.25, -0.2) is 0 Å². The fourth-order valence-electron chi connectivity index (χ4n) is 2.28. The molecule has 1 atom stereocenters. The van der Waals surface area contributed by atoms with Gasteiger partial charge >= 0.3 is 0 Å². The SMILES string of the molecule is Cc1ccc(CN2CCNCC2C(=O)N(C)C)nc1. The van der Waals surface area contributed by atoms with E-state index in [1.807, 2.05) is 19.2 Å². The monoisotopic (exact) mass is 262 g/mol. The fraction of sp³-hybridized carbons (Fsp3) is 0.571. The lowest BCUT2D eigenvalue weighted by Crippen LogP contribution is -2.57. The minimum absolute atomic E-state index is 0.0909. The number of amides is 1. The highest BCUT2D eigenvalue weighted by Gasteiger charge is 2.29. The summed E-state index contributed by atoms with van der Waals surface area (Å²) in [5.41, 5.74) is 2.18. The lowest BCUT2D eigenvalue weighted by atomic mass is 10.1. The van der Waals surface area contributed by atoms with Gasteiger partial charge in [0.05, 0.1) is 5.69 Å². The van der Waals surface area contributed by atoms with Crippen LogP contribution in [-0.2, 0) is 11.3 Å². The topological polar surface area (TPSA) is 48.5 Å². The van der Waals surface area contributed by atoms with E-state index in [9.17, 15) is 4.79 Å². The molecule has 1 fully saturated rings. The summed E-state index contributed by atoms with van der Waals surface area (Å²) >= 11 is 0. The summed E-state index contributed by atoms with van der Waals surface area (Å²) in [6.07, 6.45) is 1.88. The van der Waals surface area contributed by atoms with Crippen LogP contribution < -0.4 is 5.32 Å². The molecule has 1 aliphatic rings. The predicted octanol–water partition coefficient (Wildman–Crippen LogP) is 0.252. The molecule has 0 aromatic carbocycles. The highest BCUT2D eigenvalue weighted by molar-refractivity contribution is 5.81. The van der Waals surface area contributed by atoms with E-state index in [0.717, 1.165) is 30.9 Å². The van der Waals surface area contributed by atoms with Gasteiger partial charge in [-0.05, 0) is 18.6 Å². The van der Waals surface area contributed by atoms with Gasteiger partial charge < -0.3 is 10.2 Å². The predicted molar refractivity (Wildman–Crippen MR) is 74.7 cm³/mol. The van der Waals surface area contributed by atoms with Crippen molar-refractivity contribution in [3.63, 3.8) is 0 Å². The Balaban J connectivity index is 2.07. The van der Waals surface area contributed by atoms with E-state index in [2.05, 4.69) is 21.3 Å². The lowest BCUT2D eigenvalue weighted by molar-refractivity contribution is -0.135. The number of carbonyl (C=O) groups is 1. The zero-order chi connectivity index (χ0) is 13.8. The molecule has 1 aliphatic heterocycles. The molecule has 0 aliphatic carbocycles. The smallest absolute Gasteiger partial charge is 0.240 e. The Morgan fingerprint density at radius 1 is 1.53 bits per heavy atom. The van der Waals surface area contributed by atoms with E-state index >= 15 is 0 Å². The van der Waals surface area contributed by atoms with Crippen LogP contribution in [0.1, 0.15) is 11.3 Å². The van der Waals surface area contributed by atoms with Gasteiger partial charge in [0.2, 0.25) is 5.91 Å². The third-order valence-corrected chi connectivity index (χ3v) is 3.42. The van der Waals surface area contributed by atoms with Crippen molar-refractivity contribution in [2.24, 2.45) is 0 Å². The Morgan fingerprint density at radius 3 is 2.95 bits per heavy atom. The maximum Gasteiger partial charge on any atom is 0.240 e. The van der Waals surface area contributed by atoms with Gasteiger partial charge in [0, 0.05) is 46.5 Å². The van der Waals surface area contributed by atoms with E-state index in [1.54, 1.807) is 19.0 Å². The van der Waals surface area contributed by atoms with Crippen molar-refractivity contribution < 1.29 is 4.79 Å². The Labute approximate surface area is 114 Å². The van der Waals surface area contributed by atoms with Crippen LogP contribution in [0.15, 0.2) is 18.3 Å². The Hall–Kier alpha value is -1.46. The number of carbonyl (C=O) groups excluding carboxylic acids is 1. The van der Waals surface area contributed by atoms with Crippen molar-refractivity contribution >= 4 is 5.91 Å². The minimum Gasteiger partial charge on any atom is -0.347 e. The zero-order valence-corrected chi connectivity index (χ0v) is 11.9. The highest BCUT2D eigenvalue weighted by atomic mass is 16.2. The molecule has 0 spiro atoms. The molecule has 0 radical (unpaired) electrons. The minimum atomic E-state index is -0.0909. The van der Waals surface area contributed by atoms with Crippen LogP contribution in [0, 0.1) is 6.92 Å². The van der Waals surface area contributed by atoms with Gasteiger partial charge in [-0.3, -0.25) is 14.7 Å². The Bertz CT molecular complexity index is 430. The number of pyridine rings is 1. The molecule has 2 heterocycles. The number of aromatic nitrogens is 1. The molecule has 1 unspecified atom stereocenters. The summed E-state index contributed by atoms with van der Waals surface area (Å²) < 4.78 is 0. The first-order valence-electron chi connectivity index (χ1n) is 6.65. The summed E-state index contributed by atoms with van der Waals surface area (Å²) in [5, 5.41) is 3.29. The third-order valence-electron chi connectivity index (χ3n) is 3.42. The molecular weight excluding hydrogens is 240 g/mol. The summed E-state index contributed by atoms with van der Waals surface area (Å²) in [6, 6.07) is 4.01. The molecule has 1 saturated heterocycles. The lowest BCUT2D eigenvalue weighted by Gasteiger charge is -2.36. The second kappa shape index (κ2) is 6.12. The van der Waals surface area contributed by atoms with Gasteiger partial charge in [0.15, 0.2) is 0 Å². The van der Waals surface area contributed by atoms with Gasteiger partial charge in [0.1, 0.15) is 6.04 Å². The molecule has 1 aromatic heterocycles. The number of likely N-dealkylation sites (N-methyl/N-ethyl adjacent to an activating group) is 1. The molecule has 5 heteroatoms. The molecule has 5 nitrogen and oxygen atoms in total. The van der Waals surface area contributed by atoms with Gasteiger partial charge in [-0.15, -0.1) is 0 Å². The summed E-state index contributed by atoms with van der Waals surface area (Å²) in [4.78, 5) is 20.5. The standard InChI is InChI=1S/C14H22N4O/c1-11-4-5-12(16-8-11)10-18-7-6-15-9-13(18)14(19)17(2)3/h4-5,8,13,15H,6-7,9-10H2,1-3H3. The Kier molecular flexibility index (Phi) is 4.50. The van der Waals surface area contributed by atoms with E-state index in [4.69, 9.17) is 0 Å². The van der Waals surface area contributed by atoms with Crippen molar-refractivity contribution in [1.29, 1.82) is 0 Å². The molecule has 2 rings (SSSR count). The van der Waals surface area contributed by atoms with Crippen molar-refractivity contribution in [3.8, 4) is 0 Å². The van der Waals surface area contributed by atoms with Crippen LogP contribution in [0.2, 0.25) is 0 Å². The average Bonchev–Trinajstić information content (AvgIpc) is 2.41. The largest absolute Gasteiger partial charge is 0.347 e. The number of nitrogens with zero attached hydrogens (tertiary/aromatic N) is 3. The molecule has 19 heavy (non-hydrogen) atoms. The maximum absolute atomic E-state index is 12.2. The summed E-state index contributed by atoms with van der Waals surface area (Å²) in [6.45, 7) is 5.26. The van der Waals surface area contributed by atoms with Crippen LogP contribution in [0.3, 0.4) is 0 Å². The molecular formula is C14H22N4O. The number of hydrogen-bond donors (Lipinski definition) is 1. The van der Waals surface area contributed by atoms with Crippen LogP contribution >= 0.6 is 0 Å². The number of hydrogen-bond acceptors (Lipinski definition) is 4. The number of nitrogens with one attached hydrogen (secondary N) is 1. The Morgan fingerprint density at radius 2 is 2.32 bits per heavy atom. The molecule has 0 bridgehead atoms. The first kappa shape index (κ1) is 14.0. The molecule has 0 saturated carbocycles. The van der Waals surface area contributed by atoms with Crippen molar-refractivity contribution in [2.45, 2.75) is 19.5 Å². The van der Waals surface area contributed by atoms with Gasteiger partial charge in [0.25, 0.3) is 0 Å². The number of rotatable bonds is 3. The van der Waals surface area contributed by atoms with Crippen LogP contribution in [0.5, 0.6) is 0 Å². The maximum atomic E-state index is 12.2. The third kappa shape index (κ3) is 3.52. The van der Waals surface area contributed by atoms with E-state index in [-0.39, 0.29) is 11.9 Å². The van der Waals surface area contributed by atoms with Crippen LogP contribution in [0.25, 0.3) is 0 Å². The quantitative estimate of drug-likeness (QED) is 0.848. The van der Waals surface area contributed by atoms with Gasteiger partial charge in [-0.1, -0.05) is 6.07 Å². The second-order valence-corrected chi connectivity index (χ2v) is 5.25. The van der Waals surface area contributed by atoms with Crippen LogP contribution in [0.4, 0.5) is 0 Å². The van der Waals surface area contributed by atoms with E-state index in [1.165, 1.54) is 0 Å². The fourth-order valence-corrected chi connectivity index (χ4v) is 2.28. The van der Waals surface area contributed by atoms with Crippen molar-refractivity contribution in [1.82, 2.24) is 20.1 Å². The average molecular weight is 262 g/mol. The molecule has 104 valence electrons. The number of aryl methyl sites for hydroxylation is 1. The zero-order valence-electron chi connectivity index (χ0n) is 11.9.